The molecule has 0 heterocycles. The molecule has 3 N–H and O–H groups in total. The third-order valence-corrected chi connectivity index (χ3v) is 2.43. The molecular weight excluding hydrogens is 214 g/mol. The molecule has 86 valence electrons. The van der Waals surface area contributed by atoms with Crippen LogP contribution in [0.5, 0.6) is 0 Å². The molecule has 0 aliphatic carbocycles. The minimum atomic E-state index is -4.35. The third kappa shape index (κ3) is 5.47. The highest BCUT2D eigenvalue weighted by molar-refractivity contribution is 7.85. The van der Waals surface area contributed by atoms with E-state index in [0.29, 0.717) is 0 Å². The first-order valence-corrected chi connectivity index (χ1v) is 5.52. The molecule has 8 heteroatoms. The SMILES string of the molecule is O=S(=O)([O-])CCN(CO)C(CO)CO. The summed E-state index contributed by atoms with van der Waals surface area (Å²) >= 11 is 0. The Morgan fingerprint density at radius 2 is 1.71 bits per heavy atom. The molecular formula is C6H14NO6S-. The lowest BCUT2D eigenvalue weighted by atomic mass is 10.3. The van der Waals surface area contributed by atoms with E-state index in [2.05, 4.69) is 0 Å². The van der Waals surface area contributed by atoms with Gasteiger partial charge in [-0.1, -0.05) is 0 Å². The number of aliphatic hydroxyl groups excluding tert-OH is 3. The van der Waals surface area contributed by atoms with Gasteiger partial charge in [-0.25, -0.2) is 8.42 Å². The van der Waals surface area contributed by atoms with Gasteiger partial charge in [-0.15, -0.1) is 0 Å². The molecule has 0 aromatic heterocycles. The fourth-order valence-corrected chi connectivity index (χ4v) is 1.34. The van der Waals surface area contributed by atoms with Crippen LogP contribution in [-0.2, 0) is 10.1 Å². The van der Waals surface area contributed by atoms with Crippen molar-refractivity contribution in [1.82, 2.24) is 4.90 Å². The molecule has 0 saturated heterocycles. The average molecular weight is 228 g/mol. The molecule has 0 spiro atoms. The second-order valence-corrected chi connectivity index (χ2v) is 4.26. The quantitative estimate of drug-likeness (QED) is 0.316. The normalized spacial score (nSPS) is 12.7. The highest BCUT2D eigenvalue weighted by Gasteiger charge is 2.16. The van der Waals surface area contributed by atoms with Crippen LogP contribution in [0.2, 0.25) is 0 Å². The molecule has 0 atom stereocenters. The lowest BCUT2D eigenvalue weighted by molar-refractivity contribution is 0.0180. The molecule has 0 bridgehead atoms. The molecule has 0 aromatic rings. The summed E-state index contributed by atoms with van der Waals surface area (Å²) in [7, 11) is -4.35. The second-order valence-electron chi connectivity index (χ2n) is 2.73. The molecule has 0 aliphatic heterocycles. The first-order chi connectivity index (χ1) is 6.44. The van der Waals surface area contributed by atoms with E-state index < -0.39 is 41.9 Å². The number of hydrogen-bond acceptors (Lipinski definition) is 7. The summed E-state index contributed by atoms with van der Waals surface area (Å²) in [6.45, 7) is -1.58. The van der Waals surface area contributed by atoms with Crippen LogP contribution in [0.25, 0.3) is 0 Å². The molecule has 0 fully saturated rings. The van der Waals surface area contributed by atoms with Gasteiger partial charge < -0.3 is 19.9 Å². The topological polar surface area (TPSA) is 121 Å². The molecule has 0 aliphatic rings. The predicted octanol–water partition coefficient (Wildman–Crippen LogP) is -2.86. The Balaban J connectivity index is 4.14. The van der Waals surface area contributed by atoms with Gasteiger partial charge in [0.25, 0.3) is 0 Å². The van der Waals surface area contributed by atoms with Gasteiger partial charge in [0.1, 0.15) is 0 Å². The Kier molecular flexibility index (Phi) is 6.16. The summed E-state index contributed by atoms with van der Waals surface area (Å²) in [5.74, 6) is -0.663. The third-order valence-electron chi connectivity index (χ3n) is 1.75. The minimum absolute atomic E-state index is 0.214. The lowest BCUT2D eigenvalue weighted by Crippen LogP contribution is -2.43. The van der Waals surface area contributed by atoms with E-state index in [-0.39, 0.29) is 6.54 Å². The van der Waals surface area contributed by atoms with Gasteiger partial charge in [-0.3, -0.25) is 4.90 Å². The van der Waals surface area contributed by atoms with Crippen LogP contribution >= 0.6 is 0 Å². The fourth-order valence-electron chi connectivity index (χ4n) is 0.886. The number of hydrogen-bond donors (Lipinski definition) is 3. The zero-order chi connectivity index (χ0) is 11.2. The summed E-state index contributed by atoms with van der Waals surface area (Å²) in [6.07, 6.45) is 0. The van der Waals surface area contributed by atoms with Gasteiger partial charge in [0.15, 0.2) is 0 Å². The van der Waals surface area contributed by atoms with Crippen molar-refractivity contribution in [2.45, 2.75) is 6.04 Å². The van der Waals surface area contributed by atoms with Gasteiger partial charge in [-0.2, -0.15) is 0 Å². The smallest absolute Gasteiger partial charge is 0.0960 e. The highest BCUT2D eigenvalue weighted by Crippen LogP contribution is 1.98. The van der Waals surface area contributed by atoms with Crippen molar-refractivity contribution in [2.75, 3.05) is 32.2 Å². The van der Waals surface area contributed by atoms with Gasteiger partial charge in [0.05, 0.1) is 41.9 Å². The van der Waals surface area contributed by atoms with E-state index >= 15 is 0 Å². The number of aliphatic hydroxyl groups is 3. The standard InChI is InChI=1S/C6H15NO6S/c8-3-6(4-9)7(5-10)1-2-14(11,12)13/h6,8-10H,1-5H2,(H,11,12,13)/p-1. The van der Waals surface area contributed by atoms with Crippen LogP contribution in [-0.4, -0.2) is 71.5 Å². The second kappa shape index (κ2) is 6.27. The van der Waals surface area contributed by atoms with Gasteiger partial charge >= 0.3 is 0 Å². The van der Waals surface area contributed by atoms with Crippen LogP contribution < -0.4 is 0 Å². The van der Waals surface area contributed by atoms with E-state index in [1.54, 1.807) is 0 Å². The first-order valence-electron chi connectivity index (χ1n) is 3.94. The number of rotatable bonds is 7. The Labute approximate surface area is 82.3 Å². The Bertz CT molecular complexity index is 237. The van der Waals surface area contributed by atoms with Crippen molar-refractivity contribution < 1.29 is 28.3 Å². The average Bonchev–Trinajstić information content (AvgIpc) is 2.10. The van der Waals surface area contributed by atoms with E-state index in [4.69, 9.17) is 15.3 Å². The van der Waals surface area contributed by atoms with Crippen molar-refractivity contribution >= 4 is 10.1 Å². The molecule has 14 heavy (non-hydrogen) atoms. The fraction of sp³-hybridized carbons (Fsp3) is 1.00. The van der Waals surface area contributed by atoms with Crippen molar-refractivity contribution in [3.63, 3.8) is 0 Å². The van der Waals surface area contributed by atoms with Crippen LogP contribution in [0, 0.1) is 0 Å². The summed E-state index contributed by atoms with van der Waals surface area (Å²) < 4.78 is 30.8. The molecule has 7 nitrogen and oxygen atoms in total. The summed E-state index contributed by atoms with van der Waals surface area (Å²) in [5, 5.41) is 26.2. The molecule has 0 amide bonds. The largest absolute Gasteiger partial charge is 0.748 e. The monoisotopic (exact) mass is 228 g/mol. The number of nitrogens with zero attached hydrogens (tertiary/aromatic N) is 1. The van der Waals surface area contributed by atoms with Crippen LogP contribution in [0.15, 0.2) is 0 Å². The van der Waals surface area contributed by atoms with Gasteiger partial charge in [-0.05, 0) is 0 Å². The Hall–Kier alpha value is -0.250. The molecule has 0 radical (unpaired) electrons. The molecule has 0 saturated carbocycles. The van der Waals surface area contributed by atoms with Crippen molar-refractivity contribution in [1.29, 1.82) is 0 Å². The Morgan fingerprint density at radius 1 is 1.21 bits per heavy atom. The molecule has 0 aromatic carbocycles. The Morgan fingerprint density at radius 3 is 2.00 bits per heavy atom. The van der Waals surface area contributed by atoms with Gasteiger partial charge in [0.2, 0.25) is 0 Å². The van der Waals surface area contributed by atoms with Crippen molar-refractivity contribution in [3.8, 4) is 0 Å². The van der Waals surface area contributed by atoms with Crippen molar-refractivity contribution in [3.05, 3.63) is 0 Å². The van der Waals surface area contributed by atoms with Crippen LogP contribution in [0.4, 0.5) is 0 Å². The van der Waals surface area contributed by atoms with Crippen molar-refractivity contribution in [2.24, 2.45) is 0 Å². The van der Waals surface area contributed by atoms with E-state index in [1.807, 2.05) is 0 Å². The van der Waals surface area contributed by atoms with E-state index in [9.17, 15) is 13.0 Å². The highest BCUT2D eigenvalue weighted by atomic mass is 32.2. The zero-order valence-corrected chi connectivity index (χ0v) is 8.35. The zero-order valence-electron chi connectivity index (χ0n) is 7.53. The minimum Gasteiger partial charge on any atom is -0.748 e. The maximum absolute atomic E-state index is 10.3. The summed E-state index contributed by atoms with van der Waals surface area (Å²) in [6, 6.07) is -0.748. The summed E-state index contributed by atoms with van der Waals surface area (Å²) in [4.78, 5) is 1.11. The van der Waals surface area contributed by atoms with Gasteiger partial charge in [0, 0.05) is 6.54 Å². The van der Waals surface area contributed by atoms with E-state index in [1.165, 1.54) is 0 Å². The summed E-state index contributed by atoms with van der Waals surface area (Å²) in [5.41, 5.74) is 0. The lowest BCUT2D eigenvalue weighted by Gasteiger charge is -2.27. The predicted molar refractivity (Wildman–Crippen MR) is 46.3 cm³/mol. The molecule has 0 rings (SSSR count). The van der Waals surface area contributed by atoms with Crippen LogP contribution in [0.3, 0.4) is 0 Å². The van der Waals surface area contributed by atoms with Crippen LogP contribution in [0.1, 0.15) is 0 Å². The molecule has 0 unspecified atom stereocenters. The maximum Gasteiger partial charge on any atom is 0.0960 e. The van der Waals surface area contributed by atoms with E-state index in [0.717, 1.165) is 4.90 Å². The first kappa shape index (κ1) is 13.8. The maximum atomic E-state index is 10.3.